The molecule has 0 bridgehead atoms. The summed E-state index contributed by atoms with van der Waals surface area (Å²) in [5, 5.41) is 2.35. The Labute approximate surface area is 414 Å². The number of rotatable bonds is 0. The molecule has 1 aromatic heterocycles. The summed E-state index contributed by atoms with van der Waals surface area (Å²) in [5.74, 6) is 0. The monoisotopic (exact) mass is 902 g/mol. The fourth-order valence-electron chi connectivity index (χ4n) is 13.8. The van der Waals surface area contributed by atoms with Gasteiger partial charge in [0, 0.05) is 61.3 Å². The molecule has 0 saturated heterocycles. The first kappa shape index (κ1) is 41.2. The number of benzene rings is 8. The van der Waals surface area contributed by atoms with Crippen LogP contribution in [0.25, 0.3) is 66.4 Å². The van der Waals surface area contributed by atoms with Gasteiger partial charge in [-0.3, -0.25) is 0 Å². The van der Waals surface area contributed by atoms with Gasteiger partial charge in [0.25, 0.3) is 6.71 Å². The van der Waals surface area contributed by atoms with E-state index < -0.39 is 0 Å². The van der Waals surface area contributed by atoms with Crippen molar-refractivity contribution in [3.8, 4) is 44.5 Å². The van der Waals surface area contributed by atoms with Gasteiger partial charge in [0.15, 0.2) is 0 Å². The maximum Gasteiger partial charge on any atom is 0.329 e. The molecule has 0 N–H and O–H groups in total. The molecular weight excluding hydrogens is 845 g/mol. The summed E-state index contributed by atoms with van der Waals surface area (Å²) >= 11 is 0. The predicted molar refractivity (Wildman–Crippen MR) is 302 cm³/mol. The standard InChI is InChI=1S/C64H57B3N2O/c1-61(2,3)34-21-23-39-44-33-45-40-24-22-35(62(4,5)6)30-50(40)67-48-26-25-42-41-18-14-16-20-53(41)70-60(42)54(48)46-28-37(64(10,11)12)32-52-57(46)69(67)59(45)55-58(44)68-56-43(27-36(63(7,8)9)31-51(56)65(52)55)38-17-13-15-19-47(38)66(68)49(39)29-34/h13-33H,1-12H3. The van der Waals surface area contributed by atoms with Crippen LogP contribution in [0.4, 0.5) is 22.7 Å². The number of nitrogens with zero attached hydrogens (tertiary/aromatic N) is 2. The zero-order chi connectivity index (χ0) is 48.0. The maximum absolute atomic E-state index is 7.15. The second-order valence-electron chi connectivity index (χ2n) is 25.7. The van der Waals surface area contributed by atoms with Crippen molar-refractivity contribution in [2.75, 3.05) is 9.62 Å². The van der Waals surface area contributed by atoms with Gasteiger partial charge >= 0.3 is 13.7 Å². The first-order valence-corrected chi connectivity index (χ1v) is 25.8. The highest BCUT2D eigenvalue weighted by molar-refractivity contribution is 7.06. The van der Waals surface area contributed by atoms with Gasteiger partial charge in [-0.25, -0.2) is 0 Å². The highest BCUT2D eigenvalue weighted by atomic mass is 16.3. The van der Waals surface area contributed by atoms with E-state index in [2.05, 4.69) is 220 Å². The Balaban J connectivity index is 1.18. The van der Waals surface area contributed by atoms with Crippen LogP contribution >= 0.6 is 0 Å². The summed E-state index contributed by atoms with van der Waals surface area (Å²) in [6, 6.07) is 50.8. The number of para-hydroxylation sites is 1. The summed E-state index contributed by atoms with van der Waals surface area (Å²) in [5.41, 5.74) is 33.0. The number of hydrogen-bond acceptors (Lipinski definition) is 3. The van der Waals surface area contributed by atoms with E-state index in [1.54, 1.807) is 0 Å². The van der Waals surface area contributed by atoms with Gasteiger partial charge in [0.2, 0.25) is 0 Å². The van der Waals surface area contributed by atoms with E-state index in [0.29, 0.717) is 0 Å². The molecule has 6 heteroatoms. The third-order valence-corrected chi connectivity index (χ3v) is 17.4. The van der Waals surface area contributed by atoms with Crippen molar-refractivity contribution in [1.29, 1.82) is 0 Å². The van der Waals surface area contributed by atoms with Crippen LogP contribution in [0, 0.1) is 0 Å². The lowest BCUT2D eigenvalue weighted by Crippen LogP contribution is -2.72. The molecule has 0 radical (unpaired) electrons. The van der Waals surface area contributed by atoms with Crippen molar-refractivity contribution < 1.29 is 4.42 Å². The molecule has 0 fully saturated rings. The highest BCUT2D eigenvalue weighted by Gasteiger charge is 2.57. The van der Waals surface area contributed by atoms with Crippen molar-refractivity contribution in [1.82, 2.24) is 0 Å². The third-order valence-electron chi connectivity index (χ3n) is 17.4. The SMILES string of the molecule is CC(C)(C)c1ccc2c(c1)B1c3ccccc3-c3cc(C(C)(C)C)cc4c3N1c1c-2cc2c3c1B4c1cc(C(C)(C)C)cc4c1N3B(c1cc(C(C)(C)C)ccc1-2)c1ccc2c(oc3ccccc32)c1-4. The number of fused-ring (bicyclic) bond motifs is 18. The van der Waals surface area contributed by atoms with Gasteiger partial charge in [-0.15, -0.1) is 0 Å². The van der Waals surface area contributed by atoms with Gasteiger partial charge in [0.1, 0.15) is 11.2 Å². The Morgan fingerprint density at radius 3 is 1.44 bits per heavy atom. The molecule has 7 heterocycles. The van der Waals surface area contributed by atoms with Crippen molar-refractivity contribution in [3.63, 3.8) is 0 Å². The van der Waals surface area contributed by atoms with Gasteiger partial charge in [-0.1, -0.05) is 186 Å². The highest BCUT2D eigenvalue weighted by Crippen LogP contribution is 2.57. The lowest BCUT2D eigenvalue weighted by atomic mass is 9.28. The van der Waals surface area contributed by atoms with Gasteiger partial charge in [0.05, 0.1) is 0 Å². The molecule has 338 valence electrons. The first-order chi connectivity index (χ1) is 33.3. The molecule has 0 saturated carbocycles. The minimum Gasteiger partial charge on any atom is -0.455 e. The van der Waals surface area contributed by atoms with E-state index in [9.17, 15) is 0 Å². The van der Waals surface area contributed by atoms with Crippen LogP contribution in [0.2, 0.25) is 0 Å². The lowest BCUT2D eigenvalue weighted by molar-refractivity contribution is 0.590. The minimum absolute atomic E-state index is 0.00753. The molecule has 6 aliphatic heterocycles. The molecule has 0 aliphatic carbocycles. The molecule has 15 rings (SSSR count). The van der Waals surface area contributed by atoms with E-state index in [4.69, 9.17) is 4.42 Å². The first-order valence-electron chi connectivity index (χ1n) is 25.8. The van der Waals surface area contributed by atoms with Crippen LogP contribution in [-0.4, -0.2) is 20.4 Å². The number of anilines is 4. The van der Waals surface area contributed by atoms with Crippen molar-refractivity contribution >= 4 is 103 Å². The lowest BCUT2D eigenvalue weighted by Gasteiger charge is -2.55. The topological polar surface area (TPSA) is 19.6 Å². The normalized spacial score (nSPS) is 15.3. The van der Waals surface area contributed by atoms with Crippen molar-refractivity contribution in [2.24, 2.45) is 0 Å². The second kappa shape index (κ2) is 12.8. The van der Waals surface area contributed by atoms with E-state index in [1.807, 2.05) is 0 Å². The van der Waals surface area contributed by atoms with Crippen LogP contribution in [0.3, 0.4) is 0 Å². The Morgan fingerprint density at radius 2 is 0.843 bits per heavy atom. The average Bonchev–Trinajstić information content (AvgIpc) is 3.70. The van der Waals surface area contributed by atoms with Gasteiger partial charge < -0.3 is 14.0 Å². The zero-order valence-corrected chi connectivity index (χ0v) is 42.7. The van der Waals surface area contributed by atoms with Crippen LogP contribution in [-0.2, 0) is 21.7 Å². The Kier molecular flexibility index (Phi) is 7.53. The van der Waals surface area contributed by atoms with Gasteiger partial charge in [-0.05, 0) is 123 Å². The maximum atomic E-state index is 7.15. The Morgan fingerprint density at radius 1 is 0.357 bits per heavy atom. The van der Waals surface area contributed by atoms with Crippen LogP contribution in [0.15, 0.2) is 132 Å². The van der Waals surface area contributed by atoms with E-state index in [0.717, 1.165) is 11.2 Å². The molecular formula is C64H57B3N2O. The average molecular weight is 903 g/mol. The zero-order valence-electron chi connectivity index (χ0n) is 42.7. The Bertz CT molecular complexity index is 3920. The second-order valence-corrected chi connectivity index (χ2v) is 25.7. The number of furan rings is 1. The van der Waals surface area contributed by atoms with Gasteiger partial charge in [-0.2, -0.15) is 0 Å². The van der Waals surface area contributed by atoms with Crippen LogP contribution < -0.4 is 47.9 Å². The summed E-state index contributed by atoms with van der Waals surface area (Å²) in [7, 11) is 0. The molecule has 6 aliphatic rings. The predicted octanol–water partition coefficient (Wildman–Crippen LogP) is 11.7. The molecule has 9 aromatic rings. The summed E-state index contributed by atoms with van der Waals surface area (Å²) < 4.78 is 7.15. The molecule has 0 unspecified atom stereocenters. The van der Waals surface area contributed by atoms with Crippen molar-refractivity contribution in [2.45, 2.75) is 105 Å². The van der Waals surface area contributed by atoms with E-state index in [1.165, 1.54) is 139 Å². The van der Waals surface area contributed by atoms with Crippen LogP contribution in [0.1, 0.15) is 105 Å². The minimum atomic E-state index is -0.122. The molecule has 3 nitrogen and oxygen atoms in total. The van der Waals surface area contributed by atoms with Crippen molar-refractivity contribution in [3.05, 3.63) is 150 Å². The van der Waals surface area contributed by atoms with E-state index in [-0.39, 0.29) is 42.1 Å². The molecule has 0 amide bonds. The third kappa shape index (κ3) is 5.05. The molecule has 0 atom stereocenters. The van der Waals surface area contributed by atoms with E-state index >= 15 is 0 Å². The fourth-order valence-corrected chi connectivity index (χ4v) is 13.8. The molecule has 8 aromatic carbocycles. The quantitative estimate of drug-likeness (QED) is 0.141. The summed E-state index contributed by atoms with van der Waals surface area (Å²) in [6.07, 6.45) is 0. The fraction of sp³-hybridized carbons (Fsp3) is 0.250. The summed E-state index contributed by atoms with van der Waals surface area (Å²) in [6.45, 7) is 28.5. The van der Waals surface area contributed by atoms with Crippen LogP contribution in [0.5, 0.6) is 0 Å². The molecule has 0 spiro atoms. The summed E-state index contributed by atoms with van der Waals surface area (Å²) in [4.78, 5) is 5.69. The largest absolute Gasteiger partial charge is 0.455 e. The number of hydrogen-bond donors (Lipinski definition) is 0. The smallest absolute Gasteiger partial charge is 0.329 e. The molecule has 70 heavy (non-hydrogen) atoms. The Hall–Kier alpha value is -6.65.